The molecule has 0 aliphatic carbocycles. The maximum atomic E-state index is 5.39. The van der Waals surface area contributed by atoms with E-state index in [1.54, 1.807) is 0 Å². The zero-order chi connectivity index (χ0) is 5.98. The number of ether oxygens (including phenoxy) is 1. The van der Waals surface area contributed by atoms with E-state index in [0.29, 0.717) is 6.10 Å². The first-order valence-electron chi connectivity index (χ1n) is 3.40. The van der Waals surface area contributed by atoms with E-state index in [9.17, 15) is 0 Å². The van der Waals surface area contributed by atoms with Crippen molar-refractivity contribution in [2.75, 3.05) is 6.61 Å². The lowest BCUT2D eigenvalue weighted by Gasteiger charge is -2.23. The molecule has 8 heavy (non-hydrogen) atoms. The lowest BCUT2D eigenvalue weighted by molar-refractivity contribution is 0.000267. The predicted octanol–water partition coefficient (Wildman–Crippen LogP) is 1.82. The van der Waals surface area contributed by atoms with Gasteiger partial charge in [0.1, 0.15) is 0 Å². The predicted molar refractivity (Wildman–Crippen MR) is 33.8 cm³/mol. The van der Waals surface area contributed by atoms with Gasteiger partial charge >= 0.3 is 0 Å². The molecule has 0 spiro atoms. The third-order valence-corrected chi connectivity index (χ3v) is 1.73. The van der Waals surface area contributed by atoms with E-state index in [2.05, 4.69) is 13.8 Å². The Labute approximate surface area is 51.0 Å². The Kier molecular flexibility index (Phi) is 1.90. The van der Waals surface area contributed by atoms with Gasteiger partial charge in [-0.05, 0) is 25.7 Å². The van der Waals surface area contributed by atoms with Gasteiger partial charge < -0.3 is 4.74 Å². The van der Waals surface area contributed by atoms with Crippen molar-refractivity contribution in [3.8, 4) is 0 Å². The van der Waals surface area contributed by atoms with Crippen molar-refractivity contribution in [3.05, 3.63) is 0 Å². The van der Waals surface area contributed by atoms with E-state index in [1.807, 2.05) is 0 Å². The third kappa shape index (κ3) is 1.48. The number of hydrogen-bond donors (Lipinski definition) is 0. The molecule has 0 unspecified atom stereocenters. The Balaban J connectivity index is 2.19. The highest BCUT2D eigenvalue weighted by Gasteiger charge is 2.13. The molecule has 1 aliphatic rings. The van der Waals surface area contributed by atoms with Crippen LogP contribution in [0.1, 0.15) is 26.7 Å². The van der Waals surface area contributed by atoms with Gasteiger partial charge in [-0.15, -0.1) is 0 Å². The molecular weight excluding hydrogens is 100 g/mol. The van der Waals surface area contributed by atoms with Gasteiger partial charge in [-0.1, -0.05) is 6.92 Å². The van der Waals surface area contributed by atoms with Crippen LogP contribution in [0.2, 0.25) is 0 Å². The highest BCUT2D eigenvalue weighted by molar-refractivity contribution is 4.62. The molecule has 0 saturated carbocycles. The van der Waals surface area contributed by atoms with Crippen molar-refractivity contribution in [2.45, 2.75) is 32.8 Å². The minimum atomic E-state index is 0.520. The summed E-state index contributed by atoms with van der Waals surface area (Å²) < 4.78 is 5.39. The summed E-state index contributed by atoms with van der Waals surface area (Å²) in [7, 11) is 0. The molecule has 0 amide bonds. The third-order valence-electron chi connectivity index (χ3n) is 1.73. The molecule has 1 aliphatic heterocycles. The van der Waals surface area contributed by atoms with E-state index in [1.165, 1.54) is 12.8 Å². The van der Waals surface area contributed by atoms with Gasteiger partial charge in [-0.3, -0.25) is 0 Å². The van der Waals surface area contributed by atoms with Crippen LogP contribution in [-0.2, 0) is 4.74 Å². The van der Waals surface area contributed by atoms with Gasteiger partial charge in [0.25, 0.3) is 0 Å². The van der Waals surface area contributed by atoms with Crippen LogP contribution in [0, 0.1) is 5.92 Å². The quantitative estimate of drug-likeness (QED) is 0.466. The molecule has 0 aromatic heterocycles. The number of hydrogen-bond acceptors (Lipinski definition) is 1. The second-order valence-electron chi connectivity index (χ2n) is 2.83. The molecule has 1 nitrogen and oxygen atoms in total. The Morgan fingerprint density at radius 1 is 1.25 bits per heavy atom. The summed E-state index contributed by atoms with van der Waals surface area (Å²) in [6.45, 7) is 5.36. The van der Waals surface area contributed by atoms with Crippen LogP contribution in [0.5, 0.6) is 0 Å². The maximum absolute atomic E-state index is 5.39. The van der Waals surface area contributed by atoms with Crippen molar-refractivity contribution < 1.29 is 4.74 Å². The molecule has 2 atom stereocenters. The van der Waals surface area contributed by atoms with Gasteiger partial charge in [0.05, 0.1) is 6.10 Å². The SMILES string of the molecule is C[C@H]1CC[C@H](C)OC1. The fraction of sp³-hybridized carbons (Fsp3) is 1.00. The standard InChI is InChI=1S/C7H14O/c1-6-3-4-7(2)8-5-6/h6-7H,3-5H2,1-2H3/t6-,7-/m0/s1. The van der Waals surface area contributed by atoms with Crippen LogP contribution in [0.15, 0.2) is 0 Å². The largest absolute Gasteiger partial charge is 0.378 e. The summed E-state index contributed by atoms with van der Waals surface area (Å²) in [4.78, 5) is 0. The number of rotatable bonds is 0. The van der Waals surface area contributed by atoms with E-state index < -0.39 is 0 Å². The van der Waals surface area contributed by atoms with Crippen LogP contribution in [-0.4, -0.2) is 12.7 Å². The molecule has 1 saturated heterocycles. The fourth-order valence-electron chi connectivity index (χ4n) is 1.01. The topological polar surface area (TPSA) is 9.23 Å². The van der Waals surface area contributed by atoms with Crippen molar-refractivity contribution in [3.63, 3.8) is 0 Å². The zero-order valence-electron chi connectivity index (χ0n) is 5.68. The molecule has 1 heteroatoms. The lowest BCUT2D eigenvalue weighted by atomic mass is 10.0. The molecule has 48 valence electrons. The first-order chi connectivity index (χ1) is 3.79. The Morgan fingerprint density at radius 3 is 2.38 bits per heavy atom. The Bertz CT molecular complexity index is 52.8. The highest BCUT2D eigenvalue weighted by atomic mass is 16.5. The molecule has 0 bridgehead atoms. The van der Waals surface area contributed by atoms with Gasteiger partial charge in [-0.2, -0.15) is 0 Å². The molecule has 1 rings (SSSR count). The van der Waals surface area contributed by atoms with E-state index >= 15 is 0 Å². The maximum Gasteiger partial charge on any atom is 0.0547 e. The van der Waals surface area contributed by atoms with E-state index in [-0.39, 0.29) is 0 Å². The Morgan fingerprint density at radius 2 is 2.00 bits per heavy atom. The van der Waals surface area contributed by atoms with Crippen molar-refractivity contribution in [1.29, 1.82) is 0 Å². The zero-order valence-corrected chi connectivity index (χ0v) is 5.68. The fourth-order valence-corrected chi connectivity index (χ4v) is 1.01. The van der Waals surface area contributed by atoms with Gasteiger partial charge in [0.2, 0.25) is 0 Å². The van der Waals surface area contributed by atoms with Crippen molar-refractivity contribution in [2.24, 2.45) is 5.92 Å². The average molecular weight is 114 g/mol. The van der Waals surface area contributed by atoms with Crippen LogP contribution in [0.3, 0.4) is 0 Å². The Hall–Kier alpha value is -0.0400. The molecule has 0 radical (unpaired) electrons. The molecule has 1 fully saturated rings. The van der Waals surface area contributed by atoms with Crippen LogP contribution < -0.4 is 0 Å². The molecule has 1 heterocycles. The first kappa shape index (κ1) is 6.09. The van der Waals surface area contributed by atoms with Crippen LogP contribution >= 0.6 is 0 Å². The summed E-state index contributed by atoms with van der Waals surface area (Å²) in [5.41, 5.74) is 0. The smallest absolute Gasteiger partial charge is 0.0547 e. The summed E-state index contributed by atoms with van der Waals surface area (Å²) >= 11 is 0. The second-order valence-corrected chi connectivity index (χ2v) is 2.83. The first-order valence-corrected chi connectivity index (χ1v) is 3.40. The van der Waals surface area contributed by atoms with Gasteiger partial charge in [0, 0.05) is 6.61 Å². The van der Waals surface area contributed by atoms with Gasteiger partial charge in [0.15, 0.2) is 0 Å². The molecular formula is C7H14O. The monoisotopic (exact) mass is 114 g/mol. The van der Waals surface area contributed by atoms with Crippen molar-refractivity contribution in [1.82, 2.24) is 0 Å². The molecule has 0 aromatic carbocycles. The van der Waals surface area contributed by atoms with Crippen molar-refractivity contribution >= 4 is 0 Å². The summed E-state index contributed by atoms with van der Waals surface area (Å²) in [6, 6.07) is 0. The normalized spacial score (nSPS) is 39.8. The summed E-state index contributed by atoms with van der Waals surface area (Å²) in [5.74, 6) is 0.797. The van der Waals surface area contributed by atoms with E-state index in [0.717, 1.165) is 12.5 Å². The minimum Gasteiger partial charge on any atom is -0.378 e. The lowest BCUT2D eigenvalue weighted by Crippen LogP contribution is -2.21. The second kappa shape index (κ2) is 2.49. The minimum absolute atomic E-state index is 0.520. The molecule has 0 N–H and O–H groups in total. The van der Waals surface area contributed by atoms with Crippen LogP contribution in [0.25, 0.3) is 0 Å². The van der Waals surface area contributed by atoms with Gasteiger partial charge in [-0.25, -0.2) is 0 Å². The highest BCUT2D eigenvalue weighted by Crippen LogP contribution is 2.16. The summed E-state index contributed by atoms with van der Waals surface area (Å²) in [5, 5.41) is 0. The summed E-state index contributed by atoms with van der Waals surface area (Å²) in [6.07, 6.45) is 3.12. The molecule has 0 aromatic rings. The van der Waals surface area contributed by atoms with Crippen LogP contribution in [0.4, 0.5) is 0 Å². The van der Waals surface area contributed by atoms with E-state index in [4.69, 9.17) is 4.74 Å². The average Bonchev–Trinajstić information content (AvgIpc) is 1.77.